The Morgan fingerprint density at radius 2 is 1.69 bits per heavy atom. The van der Waals surface area contributed by atoms with E-state index in [2.05, 4.69) is 38.2 Å². The van der Waals surface area contributed by atoms with Crippen LogP contribution in [0.4, 0.5) is 10.5 Å². The molecule has 6 nitrogen and oxygen atoms in total. The van der Waals surface area contributed by atoms with Crippen LogP contribution in [-0.4, -0.2) is 40.7 Å². The number of rotatable bonds is 15. The standard InChI is InChI=1S/C30H44N2O4/c1-6-8-9-10-11-20-32(29(35)31-26-17-15-25(16-18-26)23(3)4)21-19-24-13-12-14-27(22-24)36-30(5,7-2)28(33)34/h12-18,22-23H,6-11,19-21H2,1-5H3,(H,31,35)(H,33,34)/t30-/m0/s1. The molecule has 0 aromatic heterocycles. The molecule has 0 spiro atoms. The van der Waals surface area contributed by atoms with Gasteiger partial charge in [0, 0.05) is 18.8 Å². The van der Waals surface area contributed by atoms with Crippen LogP contribution in [0.2, 0.25) is 0 Å². The number of hydrogen-bond acceptors (Lipinski definition) is 3. The van der Waals surface area contributed by atoms with Crippen LogP contribution in [0.15, 0.2) is 48.5 Å². The Kier molecular flexibility index (Phi) is 11.8. The Morgan fingerprint density at radius 3 is 2.31 bits per heavy atom. The van der Waals surface area contributed by atoms with Gasteiger partial charge in [0.25, 0.3) is 0 Å². The van der Waals surface area contributed by atoms with Crippen LogP contribution in [0.3, 0.4) is 0 Å². The highest BCUT2D eigenvalue weighted by Crippen LogP contribution is 2.23. The molecule has 0 saturated heterocycles. The Balaban J connectivity index is 2.06. The molecule has 0 saturated carbocycles. The lowest BCUT2D eigenvalue weighted by Gasteiger charge is -2.25. The second-order valence-corrected chi connectivity index (χ2v) is 10.00. The molecule has 0 fully saturated rings. The van der Waals surface area contributed by atoms with Crippen LogP contribution >= 0.6 is 0 Å². The number of ether oxygens (including phenoxy) is 1. The first kappa shape index (κ1) is 29.2. The number of nitrogens with one attached hydrogen (secondary N) is 1. The minimum Gasteiger partial charge on any atom is -0.478 e. The summed E-state index contributed by atoms with van der Waals surface area (Å²) >= 11 is 0. The van der Waals surface area contributed by atoms with Crippen molar-refractivity contribution in [2.24, 2.45) is 0 Å². The molecule has 1 atom stereocenters. The fourth-order valence-corrected chi connectivity index (χ4v) is 3.93. The summed E-state index contributed by atoms with van der Waals surface area (Å²) in [6.07, 6.45) is 6.67. The maximum atomic E-state index is 13.2. The van der Waals surface area contributed by atoms with E-state index in [0.29, 0.717) is 37.6 Å². The normalized spacial score (nSPS) is 12.7. The molecular weight excluding hydrogens is 452 g/mol. The molecule has 0 aliphatic carbocycles. The highest BCUT2D eigenvalue weighted by molar-refractivity contribution is 5.89. The van der Waals surface area contributed by atoms with E-state index in [1.165, 1.54) is 24.8 Å². The maximum absolute atomic E-state index is 13.2. The quantitative estimate of drug-likeness (QED) is 0.250. The number of carboxylic acid groups (broad SMARTS) is 1. The molecule has 0 bridgehead atoms. The molecule has 0 aliphatic rings. The van der Waals surface area contributed by atoms with E-state index in [9.17, 15) is 14.7 Å². The summed E-state index contributed by atoms with van der Waals surface area (Å²) in [5, 5.41) is 12.6. The minimum absolute atomic E-state index is 0.0976. The van der Waals surface area contributed by atoms with Gasteiger partial charge in [-0.05, 0) is 67.5 Å². The van der Waals surface area contributed by atoms with Crippen LogP contribution in [-0.2, 0) is 11.2 Å². The Hall–Kier alpha value is -3.02. The van der Waals surface area contributed by atoms with Crippen LogP contribution in [0.25, 0.3) is 0 Å². The van der Waals surface area contributed by atoms with Gasteiger partial charge >= 0.3 is 12.0 Å². The van der Waals surface area contributed by atoms with E-state index in [1.54, 1.807) is 19.9 Å². The molecule has 0 radical (unpaired) electrons. The summed E-state index contributed by atoms with van der Waals surface area (Å²) in [6, 6.07) is 15.4. The molecule has 2 rings (SSSR count). The van der Waals surface area contributed by atoms with Crippen LogP contribution in [0.5, 0.6) is 5.75 Å². The molecule has 198 valence electrons. The average molecular weight is 497 g/mol. The second kappa shape index (κ2) is 14.5. The highest BCUT2D eigenvalue weighted by Gasteiger charge is 2.33. The van der Waals surface area contributed by atoms with Gasteiger partial charge in [-0.3, -0.25) is 0 Å². The summed E-state index contributed by atoms with van der Waals surface area (Å²) in [5.74, 6) is -0.0115. The zero-order chi connectivity index (χ0) is 26.6. The first-order valence-corrected chi connectivity index (χ1v) is 13.4. The Morgan fingerprint density at radius 1 is 1.00 bits per heavy atom. The van der Waals surface area contributed by atoms with Gasteiger partial charge in [-0.2, -0.15) is 0 Å². The van der Waals surface area contributed by atoms with Gasteiger partial charge in [0.2, 0.25) is 5.60 Å². The van der Waals surface area contributed by atoms with Crippen molar-refractivity contribution in [2.45, 2.75) is 91.1 Å². The SMILES string of the molecule is CCCCCCCN(CCc1cccc(O[C@@](C)(CC)C(=O)O)c1)C(=O)Nc1ccc(C(C)C)cc1. The van der Waals surface area contributed by atoms with E-state index in [4.69, 9.17) is 4.74 Å². The largest absolute Gasteiger partial charge is 0.478 e. The van der Waals surface area contributed by atoms with Crippen molar-refractivity contribution in [3.05, 3.63) is 59.7 Å². The van der Waals surface area contributed by atoms with Crippen molar-refractivity contribution in [3.63, 3.8) is 0 Å². The second-order valence-electron chi connectivity index (χ2n) is 10.00. The third-order valence-electron chi connectivity index (χ3n) is 6.69. The number of unbranched alkanes of at least 4 members (excludes halogenated alkanes) is 4. The van der Waals surface area contributed by atoms with Crippen molar-refractivity contribution < 1.29 is 19.4 Å². The Labute approximate surface area is 217 Å². The van der Waals surface area contributed by atoms with E-state index in [0.717, 1.165) is 24.1 Å². The highest BCUT2D eigenvalue weighted by atomic mass is 16.5. The number of carbonyl (C=O) groups excluding carboxylic acids is 1. The summed E-state index contributed by atoms with van der Waals surface area (Å²) in [5.41, 5.74) is 1.77. The van der Waals surface area contributed by atoms with Gasteiger partial charge in [0.15, 0.2) is 0 Å². The molecule has 6 heteroatoms. The third kappa shape index (κ3) is 9.21. The molecule has 2 N–H and O–H groups in total. The lowest BCUT2D eigenvalue weighted by atomic mass is 10.0. The van der Waals surface area contributed by atoms with Crippen molar-refractivity contribution in [3.8, 4) is 5.75 Å². The van der Waals surface area contributed by atoms with Gasteiger partial charge in [0.1, 0.15) is 5.75 Å². The molecule has 2 amide bonds. The van der Waals surface area contributed by atoms with Crippen molar-refractivity contribution in [1.82, 2.24) is 4.90 Å². The number of aliphatic carboxylic acids is 1. The van der Waals surface area contributed by atoms with Gasteiger partial charge in [0.05, 0.1) is 0 Å². The number of nitrogens with zero attached hydrogens (tertiary/aromatic N) is 1. The molecule has 36 heavy (non-hydrogen) atoms. The van der Waals surface area contributed by atoms with Crippen LogP contribution in [0.1, 0.15) is 90.2 Å². The minimum atomic E-state index is -1.27. The van der Waals surface area contributed by atoms with E-state index in [-0.39, 0.29) is 6.03 Å². The fraction of sp³-hybridized carbons (Fsp3) is 0.533. The van der Waals surface area contributed by atoms with E-state index >= 15 is 0 Å². The van der Waals surface area contributed by atoms with Gasteiger partial charge in [-0.15, -0.1) is 0 Å². The van der Waals surface area contributed by atoms with Gasteiger partial charge in [-0.1, -0.05) is 77.6 Å². The predicted octanol–water partition coefficient (Wildman–Crippen LogP) is 7.49. The molecular formula is C30H44N2O4. The molecule has 0 heterocycles. The molecule has 2 aromatic carbocycles. The average Bonchev–Trinajstić information content (AvgIpc) is 2.86. The molecule has 2 aromatic rings. The summed E-state index contributed by atoms with van der Waals surface area (Å²) in [7, 11) is 0. The first-order valence-electron chi connectivity index (χ1n) is 13.4. The van der Waals surface area contributed by atoms with E-state index in [1.807, 2.05) is 35.2 Å². The topological polar surface area (TPSA) is 78.9 Å². The molecule has 0 aliphatic heterocycles. The Bertz CT molecular complexity index is 958. The van der Waals surface area contributed by atoms with Gasteiger partial charge < -0.3 is 20.1 Å². The number of carboxylic acids is 1. The lowest BCUT2D eigenvalue weighted by molar-refractivity contribution is -0.154. The zero-order valence-corrected chi connectivity index (χ0v) is 22.7. The van der Waals surface area contributed by atoms with Gasteiger partial charge in [-0.25, -0.2) is 9.59 Å². The lowest BCUT2D eigenvalue weighted by Crippen LogP contribution is -2.40. The first-order chi connectivity index (χ1) is 17.2. The van der Waals surface area contributed by atoms with E-state index < -0.39 is 11.6 Å². The van der Waals surface area contributed by atoms with Crippen LogP contribution < -0.4 is 10.1 Å². The number of carbonyl (C=O) groups is 2. The number of amides is 2. The predicted molar refractivity (Wildman–Crippen MR) is 147 cm³/mol. The number of benzene rings is 2. The number of anilines is 1. The van der Waals surface area contributed by atoms with Crippen molar-refractivity contribution in [2.75, 3.05) is 18.4 Å². The van der Waals surface area contributed by atoms with Crippen molar-refractivity contribution >= 4 is 17.7 Å². The summed E-state index contributed by atoms with van der Waals surface area (Å²) < 4.78 is 5.82. The number of hydrogen-bond donors (Lipinski definition) is 2. The smallest absolute Gasteiger partial charge is 0.347 e. The third-order valence-corrected chi connectivity index (χ3v) is 6.69. The summed E-state index contributed by atoms with van der Waals surface area (Å²) in [6.45, 7) is 11.1. The molecule has 0 unspecified atom stereocenters. The maximum Gasteiger partial charge on any atom is 0.347 e. The van der Waals surface area contributed by atoms with Crippen molar-refractivity contribution in [1.29, 1.82) is 0 Å². The van der Waals surface area contributed by atoms with Crippen LogP contribution in [0, 0.1) is 0 Å². The number of urea groups is 1. The summed E-state index contributed by atoms with van der Waals surface area (Å²) in [4.78, 5) is 26.7. The fourth-order valence-electron chi connectivity index (χ4n) is 3.93. The monoisotopic (exact) mass is 496 g/mol. The zero-order valence-electron chi connectivity index (χ0n) is 22.7.